The maximum Gasteiger partial charge on any atom is 0.573 e. The first kappa shape index (κ1) is 14.9. The first-order chi connectivity index (χ1) is 11.0. The van der Waals surface area contributed by atoms with E-state index in [4.69, 9.17) is 4.52 Å². The zero-order valence-corrected chi connectivity index (χ0v) is 11.5. The number of anilines is 2. The fraction of sp³-hybridized carbons (Fsp3) is 0.0667. The van der Waals surface area contributed by atoms with Gasteiger partial charge < -0.3 is 14.6 Å². The van der Waals surface area contributed by atoms with Gasteiger partial charge in [-0.05, 0) is 41.6 Å². The molecule has 0 aliphatic heterocycles. The molecular formula is C15H10F3N3O2. The van der Waals surface area contributed by atoms with E-state index in [9.17, 15) is 13.2 Å². The van der Waals surface area contributed by atoms with Crippen molar-refractivity contribution in [1.82, 2.24) is 10.1 Å². The van der Waals surface area contributed by atoms with Crippen molar-refractivity contribution in [3.63, 3.8) is 0 Å². The minimum atomic E-state index is -4.72. The Kier molecular flexibility index (Phi) is 3.88. The van der Waals surface area contributed by atoms with Gasteiger partial charge in [-0.1, -0.05) is 18.2 Å². The molecule has 0 saturated carbocycles. The van der Waals surface area contributed by atoms with Crippen molar-refractivity contribution in [2.24, 2.45) is 0 Å². The van der Waals surface area contributed by atoms with Gasteiger partial charge in [-0.15, -0.1) is 13.2 Å². The van der Waals surface area contributed by atoms with Crippen LogP contribution in [0.15, 0.2) is 59.1 Å². The Labute approximate surface area is 128 Å². The Morgan fingerprint density at radius 2 is 1.65 bits per heavy atom. The van der Waals surface area contributed by atoms with E-state index in [1.54, 1.807) is 0 Å². The summed E-state index contributed by atoms with van der Waals surface area (Å²) in [7, 11) is 0. The van der Waals surface area contributed by atoms with Crippen LogP contribution in [-0.4, -0.2) is 16.5 Å². The average Bonchev–Trinajstić information content (AvgIpc) is 2.96. The molecule has 0 aliphatic carbocycles. The van der Waals surface area contributed by atoms with E-state index in [0.717, 1.165) is 5.69 Å². The van der Waals surface area contributed by atoms with Crippen LogP contribution in [0, 0.1) is 0 Å². The summed E-state index contributed by atoms with van der Waals surface area (Å²) >= 11 is 0. The minimum Gasteiger partial charge on any atom is -0.406 e. The summed E-state index contributed by atoms with van der Waals surface area (Å²) in [6.45, 7) is 0. The highest BCUT2D eigenvalue weighted by Gasteiger charge is 2.31. The Hall–Kier alpha value is -3.03. The first-order valence-electron chi connectivity index (χ1n) is 6.51. The lowest BCUT2D eigenvalue weighted by Gasteiger charge is -2.08. The van der Waals surface area contributed by atoms with Crippen molar-refractivity contribution in [1.29, 1.82) is 0 Å². The maximum atomic E-state index is 12.1. The lowest BCUT2D eigenvalue weighted by Crippen LogP contribution is -2.16. The molecule has 0 saturated heterocycles. The van der Waals surface area contributed by atoms with Crippen LogP contribution in [0.3, 0.4) is 0 Å². The third-order valence-electron chi connectivity index (χ3n) is 2.79. The first-order valence-corrected chi connectivity index (χ1v) is 6.51. The van der Waals surface area contributed by atoms with Crippen molar-refractivity contribution >= 4 is 11.6 Å². The van der Waals surface area contributed by atoms with Crippen molar-refractivity contribution in [2.45, 2.75) is 6.36 Å². The van der Waals surface area contributed by atoms with Gasteiger partial charge in [0.1, 0.15) is 5.75 Å². The quantitative estimate of drug-likeness (QED) is 0.773. The van der Waals surface area contributed by atoms with Gasteiger partial charge in [0.2, 0.25) is 0 Å². The van der Waals surface area contributed by atoms with E-state index in [1.807, 2.05) is 30.3 Å². The summed E-state index contributed by atoms with van der Waals surface area (Å²) in [4.78, 5) is 4.13. The zero-order chi connectivity index (χ0) is 16.3. The van der Waals surface area contributed by atoms with Gasteiger partial charge >= 0.3 is 6.36 Å². The lowest BCUT2D eigenvalue weighted by molar-refractivity contribution is -0.274. The van der Waals surface area contributed by atoms with Crippen LogP contribution < -0.4 is 10.1 Å². The van der Waals surface area contributed by atoms with Gasteiger partial charge in [0, 0.05) is 11.3 Å². The standard InChI is InChI=1S/C15H10F3N3O2/c16-15(17,18)22-12-8-6-10(7-9-12)13-20-14(21-23-13)19-11-4-2-1-3-5-11/h1-9H,(H,19,21). The van der Waals surface area contributed by atoms with Crippen LogP contribution in [0.1, 0.15) is 0 Å². The van der Waals surface area contributed by atoms with Gasteiger partial charge in [-0.2, -0.15) is 4.98 Å². The largest absolute Gasteiger partial charge is 0.573 e. The second-order valence-corrected chi connectivity index (χ2v) is 4.49. The monoisotopic (exact) mass is 321 g/mol. The molecule has 0 bridgehead atoms. The Morgan fingerprint density at radius 3 is 2.30 bits per heavy atom. The molecule has 3 rings (SSSR count). The summed E-state index contributed by atoms with van der Waals surface area (Å²) in [6, 6.07) is 14.4. The molecule has 5 nitrogen and oxygen atoms in total. The molecule has 2 aromatic carbocycles. The van der Waals surface area contributed by atoms with Crippen molar-refractivity contribution < 1.29 is 22.4 Å². The average molecular weight is 321 g/mol. The summed E-state index contributed by atoms with van der Waals surface area (Å²) in [5.74, 6) is 0.118. The molecule has 0 spiro atoms. The highest BCUT2D eigenvalue weighted by molar-refractivity contribution is 5.58. The number of ether oxygens (including phenoxy) is 1. The molecule has 0 radical (unpaired) electrons. The molecule has 1 heterocycles. The van der Waals surface area contributed by atoms with Gasteiger partial charge in [0.05, 0.1) is 0 Å². The molecule has 0 unspecified atom stereocenters. The van der Waals surface area contributed by atoms with E-state index in [0.29, 0.717) is 5.56 Å². The Balaban J connectivity index is 1.73. The Bertz CT molecular complexity index is 771. The van der Waals surface area contributed by atoms with Gasteiger partial charge in [-0.25, -0.2) is 0 Å². The smallest absolute Gasteiger partial charge is 0.406 e. The van der Waals surface area contributed by atoms with Crippen LogP contribution in [0.2, 0.25) is 0 Å². The number of rotatable bonds is 4. The van der Waals surface area contributed by atoms with Crippen LogP contribution in [0.4, 0.5) is 24.8 Å². The number of alkyl halides is 3. The molecule has 0 fully saturated rings. The van der Waals surface area contributed by atoms with E-state index < -0.39 is 6.36 Å². The van der Waals surface area contributed by atoms with Crippen LogP contribution >= 0.6 is 0 Å². The lowest BCUT2D eigenvalue weighted by atomic mass is 10.2. The fourth-order valence-corrected chi connectivity index (χ4v) is 1.84. The molecular weight excluding hydrogens is 311 g/mol. The van der Waals surface area contributed by atoms with Crippen LogP contribution in [0.5, 0.6) is 5.75 Å². The normalized spacial score (nSPS) is 11.3. The minimum absolute atomic E-state index is 0.182. The predicted molar refractivity (Wildman–Crippen MR) is 76.1 cm³/mol. The summed E-state index contributed by atoms with van der Waals surface area (Å²) in [5.41, 5.74) is 1.27. The molecule has 1 N–H and O–H groups in total. The molecule has 23 heavy (non-hydrogen) atoms. The number of nitrogens with one attached hydrogen (secondary N) is 1. The van der Waals surface area contributed by atoms with Crippen LogP contribution in [-0.2, 0) is 0 Å². The number of para-hydroxylation sites is 1. The highest BCUT2D eigenvalue weighted by atomic mass is 19.4. The summed E-state index contributed by atoms with van der Waals surface area (Å²) in [6.07, 6.45) is -4.72. The highest BCUT2D eigenvalue weighted by Crippen LogP contribution is 2.26. The molecule has 3 aromatic rings. The number of hydrogen-bond donors (Lipinski definition) is 1. The zero-order valence-electron chi connectivity index (χ0n) is 11.5. The molecule has 8 heteroatoms. The van der Waals surface area contributed by atoms with Gasteiger partial charge in [0.15, 0.2) is 0 Å². The molecule has 118 valence electrons. The topological polar surface area (TPSA) is 60.2 Å². The van der Waals surface area contributed by atoms with Crippen molar-refractivity contribution in [3.05, 3.63) is 54.6 Å². The second-order valence-electron chi connectivity index (χ2n) is 4.49. The molecule has 0 amide bonds. The number of aromatic nitrogens is 2. The molecule has 0 aliphatic rings. The van der Waals surface area contributed by atoms with E-state index in [2.05, 4.69) is 20.2 Å². The second kappa shape index (κ2) is 5.99. The van der Waals surface area contributed by atoms with E-state index in [-0.39, 0.29) is 17.6 Å². The fourth-order valence-electron chi connectivity index (χ4n) is 1.84. The van der Waals surface area contributed by atoms with Gasteiger partial charge in [0.25, 0.3) is 11.8 Å². The number of halogens is 3. The summed E-state index contributed by atoms with van der Waals surface area (Å²) in [5, 5.41) is 6.71. The van der Waals surface area contributed by atoms with Gasteiger partial charge in [-0.3, -0.25) is 0 Å². The maximum absolute atomic E-state index is 12.1. The van der Waals surface area contributed by atoms with Crippen molar-refractivity contribution in [2.75, 3.05) is 5.32 Å². The third-order valence-corrected chi connectivity index (χ3v) is 2.79. The van der Waals surface area contributed by atoms with Crippen LogP contribution in [0.25, 0.3) is 11.5 Å². The molecule has 1 aromatic heterocycles. The predicted octanol–water partition coefficient (Wildman–Crippen LogP) is 4.38. The number of benzene rings is 2. The third kappa shape index (κ3) is 4.00. The summed E-state index contributed by atoms with van der Waals surface area (Å²) < 4.78 is 45.2. The van der Waals surface area contributed by atoms with E-state index >= 15 is 0 Å². The SMILES string of the molecule is FC(F)(F)Oc1ccc(-c2nc(Nc3ccccc3)no2)cc1. The number of nitrogens with zero attached hydrogens (tertiary/aromatic N) is 2. The van der Waals surface area contributed by atoms with E-state index in [1.165, 1.54) is 24.3 Å². The van der Waals surface area contributed by atoms with Crippen molar-refractivity contribution in [3.8, 4) is 17.2 Å². The Morgan fingerprint density at radius 1 is 0.957 bits per heavy atom. The number of hydrogen-bond acceptors (Lipinski definition) is 5. The molecule has 0 atom stereocenters.